The summed E-state index contributed by atoms with van der Waals surface area (Å²) in [7, 11) is 2.90. The summed E-state index contributed by atoms with van der Waals surface area (Å²) in [5.74, 6) is -0.900. The molecule has 0 aliphatic heterocycles. The first-order valence-electron chi connectivity index (χ1n) is 7.32. The van der Waals surface area contributed by atoms with Crippen molar-refractivity contribution >= 4 is 23.3 Å². The monoisotopic (exact) mass is 326 g/mol. The lowest BCUT2D eigenvalue weighted by molar-refractivity contribution is 0.0588. The van der Waals surface area contributed by atoms with E-state index < -0.39 is 5.97 Å². The Labute approximate surface area is 137 Å². The maximum atomic E-state index is 13.8. The zero-order chi connectivity index (χ0) is 17.3. The van der Waals surface area contributed by atoms with Crippen LogP contribution in [0.25, 0.3) is 11.0 Å². The third-order valence-electron chi connectivity index (χ3n) is 3.96. The fourth-order valence-electron chi connectivity index (χ4n) is 2.77. The Kier molecular flexibility index (Phi) is 4.12. The van der Waals surface area contributed by atoms with Gasteiger partial charge in [0, 0.05) is 24.5 Å². The number of methoxy groups -OCH3 is 1. The molecule has 0 bridgehead atoms. The van der Waals surface area contributed by atoms with Crippen molar-refractivity contribution in [3.8, 4) is 0 Å². The number of esters is 1. The molecule has 2 aromatic heterocycles. The Hall–Kier alpha value is -3.02. The van der Waals surface area contributed by atoms with E-state index in [9.17, 15) is 14.0 Å². The van der Waals surface area contributed by atoms with Crippen LogP contribution >= 0.6 is 0 Å². The summed E-state index contributed by atoms with van der Waals surface area (Å²) in [5.41, 5.74) is 2.04. The second-order valence-corrected chi connectivity index (χ2v) is 5.37. The molecular weight excluding hydrogens is 311 g/mol. The maximum Gasteiger partial charge on any atom is 0.355 e. The summed E-state index contributed by atoms with van der Waals surface area (Å²) in [6, 6.07) is 9.93. The van der Waals surface area contributed by atoms with E-state index in [4.69, 9.17) is 4.74 Å². The first kappa shape index (κ1) is 15.9. The number of aromatic nitrogens is 2. The van der Waals surface area contributed by atoms with Crippen LogP contribution in [0.2, 0.25) is 0 Å². The molecule has 6 heteroatoms. The minimum atomic E-state index is -0.603. The van der Waals surface area contributed by atoms with E-state index in [1.807, 2.05) is 0 Å². The quantitative estimate of drug-likeness (QED) is 0.546. The molecule has 0 N–H and O–H groups in total. The van der Waals surface area contributed by atoms with Crippen molar-refractivity contribution in [3.05, 3.63) is 64.7 Å². The lowest BCUT2D eigenvalue weighted by Crippen LogP contribution is -2.10. The summed E-state index contributed by atoms with van der Waals surface area (Å²) < 4.78 is 20.1. The standard InChI is InChI=1S/C18H15FN2O3/c1-21-16(18(23)24-2)14(10-22)13-8-7-12(20-17(13)21)9-11-5-3-4-6-15(11)19/h3-8,10H,9H2,1-2H3. The molecular formula is C18H15FN2O3. The zero-order valence-electron chi connectivity index (χ0n) is 13.2. The second kappa shape index (κ2) is 6.23. The number of rotatable bonds is 4. The Balaban J connectivity index is 2.12. The fourth-order valence-corrected chi connectivity index (χ4v) is 2.77. The molecule has 0 unspecified atom stereocenters. The van der Waals surface area contributed by atoms with Gasteiger partial charge in [-0.1, -0.05) is 18.2 Å². The molecule has 122 valence electrons. The summed E-state index contributed by atoms with van der Waals surface area (Å²) in [6.07, 6.45) is 0.935. The molecule has 0 radical (unpaired) electrons. The predicted octanol–water partition coefficient (Wildman–Crippen LogP) is 2.90. The third kappa shape index (κ3) is 2.56. The van der Waals surface area contributed by atoms with Crippen molar-refractivity contribution in [3.63, 3.8) is 0 Å². The highest BCUT2D eigenvalue weighted by atomic mass is 19.1. The number of benzene rings is 1. The minimum Gasteiger partial charge on any atom is -0.464 e. The van der Waals surface area contributed by atoms with Crippen molar-refractivity contribution in [1.29, 1.82) is 0 Å². The number of nitrogens with zero attached hydrogens (tertiary/aromatic N) is 2. The molecule has 0 aliphatic rings. The summed E-state index contributed by atoms with van der Waals surface area (Å²) in [4.78, 5) is 27.8. The topological polar surface area (TPSA) is 61.2 Å². The van der Waals surface area contributed by atoms with Gasteiger partial charge >= 0.3 is 5.97 Å². The van der Waals surface area contributed by atoms with Crippen molar-refractivity contribution < 1.29 is 18.7 Å². The normalized spacial score (nSPS) is 10.8. The average molecular weight is 326 g/mol. The number of carbonyl (C=O) groups is 2. The van der Waals surface area contributed by atoms with Crippen LogP contribution in [-0.4, -0.2) is 28.9 Å². The lowest BCUT2D eigenvalue weighted by atomic mass is 10.1. The van der Waals surface area contributed by atoms with Gasteiger partial charge in [-0.2, -0.15) is 0 Å². The zero-order valence-corrected chi connectivity index (χ0v) is 13.2. The average Bonchev–Trinajstić information content (AvgIpc) is 2.88. The second-order valence-electron chi connectivity index (χ2n) is 5.37. The predicted molar refractivity (Wildman–Crippen MR) is 86.6 cm³/mol. The van der Waals surface area contributed by atoms with Crippen molar-refractivity contribution in [2.24, 2.45) is 7.05 Å². The number of fused-ring (bicyclic) bond motifs is 1. The largest absolute Gasteiger partial charge is 0.464 e. The number of hydrogen-bond donors (Lipinski definition) is 0. The number of aldehydes is 1. The highest BCUT2D eigenvalue weighted by Gasteiger charge is 2.22. The summed E-state index contributed by atoms with van der Waals surface area (Å²) in [6.45, 7) is 0. The van der Waals surface area contributed by atoms with Gasteiger partial charge in [0.25, 0.3) is 0 Å². The molecule has 3 rings (SSSR count). The number of carbonyl (C=O) groups excluding carboxylic acids is 2. The number of pyridine rings is 1. The molecule has 5 nitrogen and oxygen atoms in total. The van der Waals surface area contributed by atoms with Gasteiger partial charge in [-0.3, -0.25) is 4.79 Å². The highest BCUT2D eigenvalue weighted by molar-refractivity contribution is 6.07. The summed E-state index contributed by atoms with van der Waals surface area (Å²) in [5, 5.41) is 0.560. The Morgan fingerprint density at radius 2 is 2.04 bits per heavy atom. The van der Waals surface area contributed by atoms with Gasteiger partial charge in [-0.25, -0.2) is 14.2 Å². The number of halogens is 1. The van der Waals surface area contributed by atoms with Gasteiger partial charge < -0.3 is 9.30 Å². The van der Waals surface area contributed by atoms with Gasteiger partial charge in [-0.05, 0) is 23.8 Å². The van der Waals surface area contributed by atoms with Gasteiger partial charge in [0.05, 0.1) is 12.7 Å². The van der Waals surface area contributed by atoms with Crippen LogP contribution in [0.4, 0.5) is 4.39 Å². The van der Waals surface area contributed by atoms with E-state index in [1.165, 1.54) is 17.7 Å². The molecule has 0 saturated heterocycles. The van der Waals surface area contributed by atoms with Crippen LogP contribution < -0.4 is 0 Å². The molecule has 0 amide bonds. The van der Waals surface area contributed by atoms with Crippen LogP contribution in [0.3, 0.4) is 0 Å². The molecule has 0 aliphatic carbocycles. The fraction of sp³-hybridized carbons (Fsp3) is 0.167. The number of hydrogen-bond acceptors (Lipinski definition) is 4. The van der Waals surface area contributed by atoms with Crippen molar-refractivity contribution in [2.75, 3.05) is 7.11 Å². The lowest BCUT2D eigenvalue weighted by Gasteiger charge is -2.05. The van der Waals surface area contributed by atoms with E-state index >= 15 is 0 Å². The van der Waals surface area contributed by atoms with Gasteiger partial charge in [0.2, 0.25) is 0 Å². The van der Waals surface area contributed by atoms with E-state index in [2.05, 4.69) is 4.98 Å². The Morgan fingerprint density at radius 3 is 2.71 bits per heavy atom. The van der Waals surface area contributed by atoms with Gasteiger partial charge in [0.1, 0.15) is 17.2 Å². The van der Waals surface area contributed by atoms with E-state index in [0.29, 0.717) is 35.0 Å². The van der Waals surface area contributed by atoms with Crippen LogP contribution in [0.15, 0.2) is 36.4 Å². The van der Waals surface area contributed by atoms with Crippen LogP contribution in [-0.2, 0) is 18.2 Å². The van der Waals surface area contributed by atoms with Crippen molar-refractivity contribution in [2.45, 2.75) is 6.42 Å². The minimum absolute atomic E-state index is 0.151. The van der Waals surface area contributed by atoms with Gasteiger partial charge in [-0.15, -0.1) is 0 Å². The molecule has 0 fully saturated rings. The maximum absolute atomic E-state index is 13.8. The SMILES string of the molecule is COC(=O)c1c(C=O)c2ccc(Cc3ccccc3F)nc2n1C. The number of aryl methyl sites for hydroxylation is 1. The molecule has 3 aromatic rings. The summed E-state index contributed by atoms with van der Waals surface area (Å²) >= 11 is 0. The van der Waals surface area contributed by atoms with E-state index in [1.54, 1.807) is 37.4 Å². The Bertz CT molecular complexity index is 947. The smallest absolute Gasteiger partial charge is 0.355 e. The van der Waals surface area contributed by atoms with E-state index in [-0.39, 0.29) is 17.1 Å². The van der Waals surface area contributed by atoms with Crippen LogP contribution in [0.5, 0.6) is 0 Å². The molecule has 0 spiro atoms. The van der Waals surface area contributed by atoms with Gasteiger partial charge in [0.15, 0.2) is 6.29 Å². The highest BCUT2D eigenvalue weighted by Crippen LogP contribution is 2.24. The molecule has 2 heterocycles. The first-order chi connectivity index (χ1) is 11.6. The van der Waals surface area contributed by atoms with Crippen LogP contribution in [0, 0.1) is 5.82 Å². The molecule has 0 saturated carbocycles. The molecule has 0 atom stereocenters. The third-order valence-corrected chi connectivity index (χ3v) is 3.96. The van der Waals surface area contributed by atoms with Crippen LogP contribution in [0.1, 0.15) is 32.1 Å². The molecule has 24 heavy (non-hydrogen) atoms. The number of ether oxygens (including phenoxy) is 1. The van der Waals surface area contributed by atoms with E-state index in [0.717, 1.165) is 0 Å². The molecule has 1 aromatic carbocycles. The Morgan fingerprint density at radius 1 is 1.29 bits per heavy atom. The van der Waals surface area contributed by atoms with Crippen molar-refractivity contribution in [1.82, 2.24) is 9.55 Å². The first-order valence-corrected chi connectivity index (χ1v) is 7.32.